The number of anilines is 1. The molecule has 38 heavy (non-hydrogen) atoms. The molecule has 2 heterocycles. The summed E-state index contributed by atoms with van der Waals surface area (Å²) in [5.74, 6) is -3.78. The van der Waals surface area contributed by atoms with Crippen LogP contribution in [0.2, 0.25) is 0 Å². The molecule has 194 valence electrons. The number of nitrogens with zero attached hydrogens (tertiary/aromatic N) is 2. The van der Waals surface area contributed by atoms with Gasteiger partial charge in [-0.1, -0.05) is 49.4 Å². The van der Waals surface area contributed by atoms with Crippen molar-refractivity contribution in [3.63, 3.8) is 0 Å². The third-order valence-electron chi connectivity index (χ3n) is 5.97. The van der Waals surface area contributed by atoms with Gasteiger partial charge in [0.05, 0.1) is 28.4 Å². The van der Waals surface area contributed by atoms with Gasteiger partial charge >= 0.3 is 5.91 Å². The highest BCUT2D eigenvalue weighted by molar-refractivity contribution is 7.22. The van der Waals surface area contributed by atoms with Gasteiger partial charge in [0.1, 0.15) is 17.3 Å². The number of amides is 1. The first-order valence-corrected chi connectivity index (χ1v) is 12.5. The zero-order chi connectivity index (χ0) is 27.1. The van der Waals surface area contributed by atoms with Crippen LogP contribution in [0.4, 0.5) is 13.9 Å². The van der Waals surface area contributed by atoms with Crippen molar-refractivity contribution in [1.29, 1.82) is 0 Å². The number of thiazole rings is 1. The number of phenols is 1. The molecule has 1 atom stereocenters. The summed E-state index contributed by atoms with van der Waals surface area (Å²) < 4.78 is 33.7. The summed E-state index contributed by atoms with van der Waals surface area (Å²) >= 11 is 0.908. The molecule has 2 N–H and O–H groups in total. The third kappa shape index (κ3) is 4.58. The second kappa shape index (κ2) is 9.86. The summed E-state index contributed by atoms with van der Waals surface area (Å²) in [5.41, 5.74) is 0.595. The quantitative estimate of drug-likeness (QED) is 0.180. The summed E-state index contributed by atoms with van der Waals surface area (Å²) in [6.07, 6.45) is 0. The number of ether oxygens (including phenoxy) is 1. The number of hydrogen-bond donors (Lipinski definition) is 2. The molecular formula is C28H22F2N2O5S. The molecular weight excluding hydrogens is 514 g/mol. The van der Waals surface area contributed by atoms with Crippen LogP contribution < -0.4 is 9.64 Å². The Morgan fingerprint density at radius 3 is 2.50 bits per heavy atom. The molecule has 1 aliphatic rings. The Bertz CT molecular complexity index is 1560. The lowest BCUT2D eigenvalue weighted by atomic mass is 9.95. The Morgan fingerprint density at radius 1 is 1.08 bits per heavy atom. The summed E-state index contributed by atoms with van der Waals surface area (Å²) in [5, 5.41) is 21.2. The van der Waals surface area contributed by atoms with Crippen LogP contribution >= 0.6 is 11.3 Å². The molecule has 7 nitrogen and oxygen atoms in total. The minimum Gasteiger partial charge on any atom is -0.508 e. The first kappa shape index (κ1) is 25.3. The zero-order valence-corrected chi connectivity index (χ0v) is 21.1. The van der Waals surface area contributed by atoms with E-state index in [1.54, 1.807) is 24.3 Å². The summed E-state index contributed by atoms with van der Waals surface area (Å²) in [6, 6.07) is 13.1. The molecule has 0 bridgehead atoms. The molecule has 1 saturated heterocycles. The molecule has 3 aromatic carbocycles. The average molecular weight is 537 g/mol. The largest absolute Gasteiger partial charge is 0.508 e. The molecule has 0 aliphatic carbocycles. The second-order valence-corrected chi connectivity index (χ2v) is 10.2. The molecule has 0 saturated carbocycles. The average Bonchev–Trinajstić information content (AvgIpc) is 3.40. The first-order valence-electron chi connectivity index (χ1n) is 11.7. The fourth-order valence-corrected chi connectivity index (χ4v) is 5.17. The molecule has 10 heteroatoms. The lowest BCUT2D eigenvalue weighted by molar-refractivity contribution is -0.132. The van der Waals surface area contributed by atoms with Gasteiger partial charge in [0, 0.05) is 11.6 Å². The van der Waals surface area contributed by atoms with Crippen molar-refractivity contribution in [2.75, 3.05) is 11.5 Å². The van der Waals surface area contributed by atoms with Crippen molar-refractivity contribution >= 4 is 44.1 Å². The fraction of sp³-hybridized carbons (Fsp3) is 0.179. The third-order valence-corrected chi connectivity index (χ3v) is 6.99. The lowest BCUT2D eigenvalue weighted by Gasteiger charge is -2.23. The Hall–Kier alpha value is -4.31. The maximum atomic E-state index is 13.8. The van der Waals surface area contributed by atoms with E-state index in [9.17, 15) is 28.6 Å². The van der Waals surface area contributed by atoms with Crippen LogP contribution in [0.3, 0.4) is 0 Å². The highest BCUT2D eigenvalue weighted by Gasteiger charge is 2.48. The number of hydrogen-bond acceptors (Lipinski definition) is 7. The van der Waals surface area contributed by atoms with E-state index in [0.29, 0.717) is 17.9 Å². The molecule has 1 unspecified atom stereocenters. The molecule has 1 fully saturated rings. The standard InChI is InChI=1S/C28H22F2N2O5S/c1-14(2)13-37-18-5-3-4-16(10-18)25(34)23-24(15-6-8-17(33)9-7-15)32(27(36)26(23)35)28-31-21-11-19(29)20(30)12-22(21)38-28/h3-12,14,24,33-34H,13H2,1-2H3/b25-23+. The van der Waals surface area contributed by atoms with Crippen LogP contribution in [0, 0.1) is 17.6 Å². The van der Waals surface area contributed by atoms with Crippen molar-refractivity contribution in [3.8, 4) is 11.5 Å². The van der Waals surface area contributed by atoms with Gasteiger partial charge in [-0.3, -0.25) is 14.5 Å². The molecule has 1 aliphatic heterocycles. The van der Waals surface area contributed by atoms with Crippen LogP contribution in [0.5, 0.6) is 11.5 Å². The van der Waals surface area contributed by atoms with Gasteiger partial charge in [0.25, 0.3) is 5.78 Å². The smallest absolute Gasteiger partial charge is 0.301 e. The summed E-state index contributed by atoms with van der Waals surface area (Å²) in [7, 11) is 0. The van der Waals surface area contributed by atoms with Crippen molar-refractivity contribution in [3.05, 3.63) is 89.0 Å². The van der Waals surface area contributed by atoms with E-state index in [4.69, 9.17) is 4.74 Å². The normalized spacial score (nSPS) is 17.1. The Morgan fingerprint density at radius 2 is 1.79 bits per heavy atom. The number of aromatic hydroxyl groups is 1. The topological polar surface area (TPSA) is 100.0 Å². The fourth-order valence-electron chi connectivity index (χ4n) is 4.17. The van der Waals surface area contributed by atoms with E-state index in [2.05, 4.69) is 4.98 Å². The molecule has 0 spiro atoms. The number of aromatic nitrogens is 1. The van der Waals surface area contributed by atoms with Gasteiger partial charge in [0.2, 0.25) is 0 Å². The number of ketones is 1. The van der Waals surface area contributed by atoms with Gasteiger partial charge in [-0.15, -0.1) is 0 Å². The summed E-state index contributed by atoms with van der Waals surface area (Å²) in [4.78, 5) is 32.1. The van der Waals surface area contributed by atoms with E-state index in [1.807, 2.05) is 13.8 Å². The lowest BCUT2D eigenvalue weighted by Crippen LogP contribution is -2.29. The number of benzene rings is 3. The number of carbonyl (C=O) groups excluding carboxylic acids is 2. The molecule has 1 aromatic heterocycles. The number of aliphatic hydroxyl groups is 1. The monoisotopic (exact) mass is 536 g/mol. The van der Waals surface area contributed by atoms with Crippen LogP contribution in [0.25, 0.3) is 16.0 Å². The number of carbonyl (C=O) groups is 2. The Balaban J connectivity index is 1.66. The molecule has 4 aromatic rings. The van der Waals surface area contributed by atoms with Crippen LogP contribution in [0.15, 0.2) is 66.2 Å². The Kier molecular flexibility index (Phi) is 6.58. The number of fused-ring (bicyclic) bond motifs is 1. The first-order chi connectivity index (χ1) is 18.1. The second-order valence-electron chi connectivity index (χ2n) is 9.22. The highest BCUT2D eigenvalue weighted by Crippen LogP contribution is 2.44. The van der Waals surface area contributed by atoms with Crippen LogP contribution in [-0.2, 0) is 9.59 Å². The van der Waals surface area contributed by atoms with Gasteiger partial charge in [-0.05, 0) is 41.8 Å². The van der Waals surface area contributed by atoms with Crippen LogP contribution in [-0.4, -0.2) is 33.5 Å². The van der Waals surface area contributed by atoms with Gasteiger partial charge in [0.15, 0.2) is 16.8 Å². The predicted octanol–water partition coefficient (Wildman–Crippen LogP) is 5.94. The van der Waals surface area contributed by atoms with E-state index in [1.165, 1.54) is 24.3 Å². The van der Waals surface area contributed by atoms with Gasteiger partial charge < -0.3 is 14.9 Å². The Labute approximate surface area is 220 Å². The maximum absolute atomic E-state index is 13.8. The minimum absolute atomic E-state index is 0.0262. The molecule has 0 radical (unpaired) electrons. The van der Waals surface area contributed by atoms with E-state index >= 15 is 0 Å². The minimum atomic E-state index is -1.12. The van der Waals surface area contributed by atoms with E-state index in [0.717, 1.165) is 28.4 Å². The van der Waals surface area contributed by atoms with Gasteiger partial charge in [-0.2, -0.15) is 0 Å². The van der Waals surface area contributed by atoms with Crippen molar-refractivity contribution in [1.82, 2.24) is 4.98 Å². The van der Waals surface area contributed by atoms with Crippen LogP contribution in [0.1, 0.15) is 31.0 Å². The number of rotatable bonds is 6. The highest BCUT2D eigenvalue weighted by atomic mass is 32.1. The number of aliphatic hydroxyl groups excluding tert-OH is 1. The van der Waals surface area contributed by atoms with Crippen molar-refractivity contribution in [2.24, 2.45) is 5.92 Å². The zero-order valence-electron chi connectivity index (χ0n) is 20.3. The van der Waals surface area contributed by atoms with Crippen molar-refractivity contribution < 1.29 is 33.3 Å². The SMILES string of the molecule is CC(C)COc1cccc(/C(O)=C2\C(=O)C(=O)N(c3nc4cc(F)c(F)cc4s3)C2c2ccc(O)cc2)c1. The number of phenolic OH excluding ortho intramolecular Hbond substituents is 1. The maximum Gasteiger partial charge on any atom is 0.301 e. The predicted molar refractivity (Wildman–Crippen MR) is 139 cm³/mol. The number of halogens is 2. The molecule has 1 amide bonds. The van der Waals surface area contributed by atoms with E-state index < -0.39 is 35.1 Å². The molecule has 5 rings (SSSR count). The number of Topliss-reactive ketones (excluding diaryl/α,β-unsaturated/α-hetero) is 1. The van der Waals surface area contributed by atoms with Crippen molar-refractivity contribution in [2.45, 2.75) is 19.9 Å². The van der Waals surface area contributed by atoms with Gasteiger partial charge in [-0.25, -0.2) is 13.8 Å². The van der Waals surface area contributed by atoms with E-state index in [-0.39, 0.29) is 38.2 Å². The summed E-state index contributed by atoms with van der Waals surface area (Å²) in [6.45, 7) is 4.43.